The van der Waals surface area contributed by atoms with E-state index in [0.29, 0.717) is 83.5 Å². The summed E-state index contributed by atoms with van der Waals surface area (Å²) in [7, 11) is 2.45. The monoisotopic (exact) mass is 890 g/mol. The molecule has 65 heavy (non-hydrogen) atoms. The van der Waals surface area contributed by atoms with Crippen LogP contribution in [0.25, 0.3) is 33.4 Å². The molecule has 3 fully saturated rings. The second-order valence-electron chi connectivity index (χ2n) is 17.4. The molecule has 4 atom stereocenters. The predicted molar refractivity (Wildman–Crippen MR) is 239 cm³/mol. The number of methoxy groups -OCH3 is 2. The van der Waals surface area contributed by atoms with Crippen molar-refractivity contribution < 1.29 is 47.0 Å². The van der Waals surface area contributed by atoms with Gasteiger partial charge in [0.2, 0.25) is 23.6 Å². The quantitative estimate of drug-likeness (QED) is 0.113. The van der Waals surface area contributed by atoms with Gasteiger partial charge in [-0.2, -0.15) is 8.78 Å². The Bertz CT molecular complexity index is 2380. The molecule has 1 saturated carbocycles. The molecule has 8 rings (SSSR count). The molecule has 0 spiro atoms. The zero-order chi connectivity index (χ0) is 46.2. The molecule has 14 nitrogen and oxygen atoms in total. The maximum absolute atomic E-state index is 16.5. The number of fused-ring (bicyclic) bond motifs is 3. The van der Waals surface area contributed by atoms with E-state index in [-0.39, 0.29) is 40.7 Å². The van der Waals surface area contributed by atoms with Gasteiger partial charge >= 0.3 is 12.2 Å². The van der Waals surface area contributed by atoms with Crippen LogP contribution in [0, 0.1) is 11.8 Å². The lowest BCUT2D eigenvalue weighted by molar-refractivity contribution is -0.139. The number of ether oxygens (including phenoxy) is 2. The molecule has 2 aliphatic carbocycles. The van der Waals surface area contributed by atoms with E-state index >= 15 is 8.78 Å². The number of hydrogen-bond donors (Lipinski definition) is 4. The molecular formula is C49H52F2N6O8. The Morgan fingerprint density at radius 1 is 0.615 bits per heavy atom. The first kappa shape index (κ1) is 44.8. The number of nitrogens with zero attached hydrogens (tertiary/aromatic N) is 2. The van der Waals surface area contributed by atoms with E-state index in [1.165, 1.54) is 36.2 Å². The van der Waals surface area contributed by atoms with Crippen LogP contribution in [0.1, 0.15) is 63.5 Å². The largest absolute Gasteiger partial charge is 0.453 e. The molecule has 2 aliphatic heterocycles. The predicted octanol–water partition coefficient (Wildman–Crippen LogP) is 7.52. The highest BCUT2D eigenvalue weighted by Crippen LogP contribution is 2.53. The lowest BCUT2D eigenvalue weighted by atomic mass is 9.97. The first-order valence-electron chi connectivity index (χ1n) is 22.0. The number of benzene rings is 4. The molecule has 1 unspecified atom stereocenters. The second-order valence-corrected chi connectivity index (χ2v) is 17.4. The summed E-state index contributed by atoms with van der Waals surface area (Å²) >= 11 is 0. The van der Waals surface area contributed by atoms with Crippen LogP contribution in [-0.4, -0.2) is 97.1 Å². The SMILES string of the molecule is COC(=O)NC(C(=O)N1CCC[C@H]1C(=O)Nc1cccc(-c2ccc3c(c2)C(F)(F)c2cc(-c4cccc(NC(=O)[C@@H]5CCCN5C(=O)[C@@H](NC(=O)OC)C5CC5)c4)ccc2-3)c1)C(C)C. The Kier molecular flexibility index (Phi) is 12.6. The molecule has 4 N–H and O–H groups in total. The van der Waals surface area contributed by atoms with Crippen molar-refractivity contribution in [1.29, 1.82) is 0 Å². The van der Waals surface area contributed by atoms with E-state index in [9.17, 15) is 28.8 Å². The van der Waals surface area contributed by atoms with Gasteiger partial charge in [-0.05, 0) is 120 Å². The maximum atomic E-state index is 16.5. The number of hydrogen-bond acceptors (Lipinski definition) is 8. The molecule has 0 bridgehead atoms. The molecule has 0 radical (unpaired) electrons. The fourth-order valence-electron chi connectivity index (χ4n) is 9.25. The van der Waals surface area contributed by atoms with Gasteiger partial charge in [0.05, 0.1) is 14.2 Å². The third-order valence-electron chi connectivity index (χ3n) is 12.8. The Hall–Kier alpha value is -6.84. The van der Waals surface area contributed by atoms with E-state index < -0.39 is 48.2 Å². The van der Waals surface area contributed by atoms with Gasteiger partial charge in [0.15, 0.2) is 0 Å². The van der Waals surface area contributed by atoms with Crippen molar-refractivity contribution in [2.45, 2.75) is 82.5 Å². The van der Waals surface area contributed by atoms with Crippen molar-refractivity contribution in [3.05, 3.63) is 96.1 Å². The summed E-state index contributed by atoms with van der Waals surface area (Å²) in [6.07, 6.45) is 2.28. The summed E-state index contributed by atoms with van der Waals surface area (Å²) in [6, 6.07) is 20.5. The number of alkyl halides is 2. The van der Waals surface area contributed by atoms with Crippen LogP contribution < -0.4 is 21.3 Å². The molecule has 2 heterocycles. The standard InChI is InChI=1S/C49H52F2N6O8/c1-27(2)41(54-47(62)64-3)45(60)56-21-7-13-39(56)43(58)52-33-11-5-9-29(23-33)31-17-19-35-36-20-18-32(26-38(36)49(50,51)37(35)25-31)30-10-6-12-34(24-30)53-44(59)40-14-8-22-57(40)46(61)42(28-15-16-28)55-48(63)65-4/h5-6,9-12,17-20,23-28,39-42H,7-8,13-16,21-22H2,1-4H3,(H,52,58)(H,53,59)(H,54,62)(H,55,63)/t39-,40-,41?,42-/m0/s1. The summed E-state index contributed by atoms with van der Waals surface area (Å²) < 4.78 is 42.5. The van der Waals surface area contributed by atoms with Gasteiger partial charge in [0.1, 0.15) is 24.2 Å². The number of carbonyl (C=O) groups excluding carboxylic acids is 6. The number of nitrogens with one attached hydrogen (secondary N) is 4. The number of halogens is 2. The number of carbonyl (C=O) groups is 6. The van der Waals surface area contributed by atoms with Crippen molar-refractivity contribution in [2.75, 3.05) is 37.9 Å². The third-order valence-corrected chi connectivity index (χ3v) is 12.8. The number of amides is 6. The molecule has 4 aromatic carbocycles. The average Bonchev–Trinajstić information content (AvgIpc) is 3.70. The van der Waals surface area contributed by atoms with Gasteiger partial charge in [-0.1, -0.05) is 62.4 Å². The molecule has 16 heteroatoms. The van der Waals surface area contributed by atoms with Crippen LogP contribution in [0.2, 0.25) is 0 Å². The Balaban J connectivity index is 0.954. The zero-order valence-electron chi connectivity index (χ0n) is 36.6. The van der Waals surface area contributed by atoms with E-state index in [1.807, 2.05) is 0 Å². The number of likely N-dealkylation sites (tertiary alicyclic amines) is 2. The summed E-state index contributed by atoms with van der Waals surface area (Å²) in [6.45, 7) is 4.32. The molecule has 340 valence electrons. The summed E-state index contributed by atoms with van der Waals surface area (Å²) in [5.41, 5.74) is 3.63. The normalized spacial score (nSPS) is 19.1. The first-order chi connectivity index (χ1) is 31.2. The van der Waals surface area contributed by atoms with Gasteiger partial charge in [0, 0.05) is 35.6 Å². The van der Waals surface area contributed by atoms with Crippen LogP contribution in [0.5, 0.6) is 0 Å². The van der Waals surface area contributed by atoms with Crippen molar-refractivity contribution in [3.8, 4) is 33.4 Å². The van der Waals surface area contributed by atoms with Gasteiger partial charge < -0.3 is 40.5 Å². The minimum atomic E-state index is -3.34. The van der Waals surface area contributed by atoms with Crippen molar-refractivity contribution in [3.63, 3.8) is 0 Å². The highest BCUT2D eigenvalue weighted by molar-refractivity contribution is 6.00. The molecule has 4 aromatic rings. The fraction of sp³-hybridized carbons (Fsp3) is 0.388. The first-order valence-corrected chi connectivity index (χ1v) is 22.0. The highest BCUT2D eigenvalue weighted by atomic mass is 19.3. The lowest BCUT2D eigenvalue weighted by Crippen LogP contribution is -2.54. The zero-order valence-corrected chi connectivity index (χ0v) is 36.6. The van der Waals surface area contributed by atoms with E-state index in [4.69, 9.17) is 9.47 Å². The molecular weight excluding hydrogens is 839 g/mol. The van der Waals surface area contributed by atoms with Crippen molar-refractivity contribution in [1.82, 2.24) is 20.4 Å². The highest BCUT2D eigenvalue weighted by Gasteiger charge is 2.46. The lowest BCUT2D eigenvalue weighted by Gasteiger charge is -2.30. The average molecular weight is 891 g/mol. The van der Waals surface area contributed by atoms with E-state index in [1.54, 1.807) is 86.6 Å². The Morgan fingerprint density at radius 2 is 1.08 bits per heavy atom. The molecule has 0 aromatic heterocycles. The molecule has 4 aliphatic rings. The van der Waals surface area contributed by atoms with Crippen LogP contribution in [-0.2, 0) is 34.6 Å². The third kappa shape index (κ3) is 9.11. The number of anilines is 2. The minimum absolute atomic E-state index is 0.00456. The summed E-state index contributed by atoms with van der Waals surface area (Å²) in [5, 5.41) is 11.0. The van der Waals surface area contributed by atoms with Gasteiger partial charge in [-0.15, -0.1) is 0 Å². The summed E-state index contributed by atoms with van der Waals surface area (Å²) in [4.78, 5) is 81.3. The van der Waals surface area contributed by atoms with Gasteiger partial charge in [-0.3, -0.25) is 19.2 Å². The fourth-order valence-corrected chi connectivity index (χ4v) is 9.25. The van der Waals surface area contributed by atoms with Gasteiger partial charge in [0.25, 0.3) is 5.92 Å². The molecule has 6 amide bonds. The maximum Gasteiger partial charge on any atom is 0.407 e. The molecule has 2 saturated heterocycles. The summed E-state index contributed by atoms with van der Waals surface area (Å²) in [5.74, 6) is -5.06. The van der Waals surface area contributed by atoms with Crippen LogP contribution in [0.4, 0.5) is 29.7 Å². The van der Waals surface area contributed by atoms with Crippen molar-refractivity contribution in [2.24, 2.45) is 11.8 Å². The van der Waals surface area contributed by atoms with E-state index in [0.717, 1.165) is 12.8 Å². The second kappa shape index (κ2) is 18.3. The van der Waals surface area contributed by atoms with Crippen LogP contribution in [0.3, 0.4) is 0 Å². The number of alkyl carbamates (subject to hydrolysis) is 2. The van der Waals surface area contributed by atoms with Crippen LogP contribution >= 0.6 is 0 Å². The minimum Gasteiger partial charge on any atom is -0.453 e. The topological polar surface area (TPSA) is 175 Å². The van der Waals surface area contributed by atoms with Crippen molar-refractivity contribution >= 4 is 47.2 Å². The van der Waals surface area contributed by atoms with Gasteiger partial charge in [-0.25, -0.2) is 9.59 Å². The van der Waals surface area contributed by atoms with E-state index in [2.05, 4.69) is 21.3 Å². The smallest absolute Gasteiger partial charge is 0.407 e. The number of rotatable bonds is 12. The Morgan fingerprint density at radius 3 is 1.54 bits per heavy atom. The van der Waals surface area contributed by atoms with Crippen LogP contribution in [0.15, 0.2) is 84.9 Å². The Labute approximate surface area is 375 Å².